The van der Waals surface area contributed by atoms with E-state index in [0.717, 1.165) is 63.9 Å². The highest BCUT2D eigenvalue weighted by atomic mass is 127. The molecule has 0 radical (unpaired) electrons. The normalized spacial score (nSPS) is 20.4. The van der Waals surface area contributed by atoms with Crippen molar-refractivity contribution in [3.8, 4) is 5.75 Å². The lowest BCUT2D eigenvalue weighted by Gasteiger charge is -2.34. The second-order valence-electron chi connectivity index (χ2n) is 8.24. The van der Waals surface area contributed by atoms with Crippen molar-refractivity contribution in [1.82, 2.24) is 15.5 Å². The summed E-state index contributed by atoms with van der Waals surface area (Å²) in [6, 6.07) is 8.72. The summed E-state index contributed by atoms with van der Waals surface area (Å²) < 4.78 is 16.7. The Balaban J connectivity index is 0.00000363. The number of nitrogens with one attached hydrogen (secondary N) is 2. The Morgan fingerprint density at radius 3 is 2.59 bits per heavy atom. The number of likely N-dealkylation sites (tertiary alicyclic amines) is 1. The first-order valence-electron chi connectivity index (χ1n) is 11.9. The SMILES string of the molecule is CCNC(=NCC(c1ccc(OC)cc1)N1CCCCC1)NCCOCC1CCCO1.I. The number of hydrogen-bond donors (Lipinski definition) is 2. The fourth-order valence-corrected chi connectivity index (χ4v) is 4.24. The fraction of sp³-hybridized carbons (Fsp3) is 0.708. The van der Waals surface area contributed by atoms with Crippen molar-refractivity contribution in [2.24, 2.45) is 4.99 Å². The minimum Gasteiger partial charge on any atom is -0.497 e. The maximum absolute atomic E-state index is 5.77. The predicted molar refractivity (Wildman–Crippen MR) is 140 cm³/mol. The zero-order chi connectivity index (χ0) is 21.7. The van der Waals surface area contributed by atoms with E-state index in [4.69, 9.17) is 19.2 Å². The minimum absolute atomic E-state index is 0. The highest BCUT2D eigenvalue weighted by molar-refractivity contribution is 14.0. The van der Waals surface area contributed by atoms with E-state index in [2.05, 4.69) is 34.6 Å². The molecule has 2 N–H and O–H groups in total. The molecule has 2 atom stereocenters. The molecule has 0 bridgehead atoms. The van der Waals surface area contributed by atoms with Crippen LogP contribution < -0.4 is 15.4 Å². The number of rotatable bonds is 11. The van der Waals surface area contributed by atoms with Gasteiger partial charge in [-0.15, -0.1) is 24.0 Å². The van der Waals surface area contributed by atoms with Gasteiger partial charge in [-0.25, -0.2) is 0 Å². The summed E-state index contributed by atoms with van der Waals surface area (Å²) >= 11 is 0. The highest BCUT2D eigenvalue weighted by Gasteiger charge is 2.22. The van der Waals surface area contributed by atoms with Crippen LogP contribution in [0.1, 0.15) is 50.6 Å². The van der Waals surface area contributed by atoms with Gasteiger partial charge in [0.05, 0.1) is 39.0 Å². The van der Waals surface area contributed by atoms with Crippen LogP contribution in [0.2, 0.25) is 0 Å². The fourth-order valence-electron chi connectivity index (χ4n) is 4.24. The lowest BCUT2D eigenvalue weighted by molar-refractivity contribution is 0.0191. The van der Waals surface area contributed by atoms with Crippen LogP contribution in [0.4, 0.5) is 0 Å². The third-order valence-electron chi connectivity index (χ3n) is 5.97. The zero-order valence-electron chi connectivity index (χ0n) is 19.7. The number of nitrogens with zero attached hydrogens (tertiary/aromatic N) is 2. The lowest BCUT2D eigenvalue weighted by Crippen LogP contribution is -2.40. The van der Waals surface area contributed by atoms with Crippen molar-refractivity contribution in [3.63, 3.8) is 0 Å². The molecule has 0 amide bonds. The van der Waals surface area contributed by atoms with Crippen molar-refractivity contribution in [1.29, 1.82) is 0 Å². The molecular formula is C24H41IN4O3. The first kappa shape index (κ1) is 27.1. The van der Waals surface area contributed by atoms with Gasteiger partial charge < -0.3 is 24.8 Å². The number of ether oxygens (including phenoxy) is 3. The van der Waals surface area contributed by atoms with Crippen LogP contribution in [0, 0.1) is 0 Å². The summed E-state index contributed by atoms with van der Waals surface area (Å²) in [6.07, 6.45) is 6.38. The summed E-state index contributed by atoms with van der Waals surface area (Å²) in [5.41, 5.74) is 1.29. The third kappa shape index (κ3) is 9.03. The molecule has 0 saturated carbocycles. The Labute approximate surface area is 210 Å². The van der Waals surface area contributed by atoms with E-state index in [9.17, 15) is 0 Å². The van der Waals surface area contributed by atoms with E-state index in [1.165, 1.54) is 24.8 Å². The molecule has 7 nitrogen and oxygen atoms in total. The molecule has 0 spiro atoms. The number of methoxy groups -OCH3 is 1. The maximum atomic E-state index is 5.77. The van der Waals surface area contributed by atoms with Crippen LogP contribution >= 0.6 is 24.0 Å². The van der Waals surface area contributed by atoms with Gasteiger partial charge in [0, 0.05) is 19.7 Å². The lowest BCUT2D eigenvalue weighted by atomic mass is 10.0. The molecule has 2 aliphatic heterocycles. The van der Waals surface area contributed by atoms with Gasteiger partial charge in [0.1, 0.15) is 5.75 Å². The molecule has 1 aromatic rings. The molecule has 2 saturated heterocycles. The average Bonchev–Trinajstić information content (AvgIpc) is 3.33. The van der Waals surface area contributed by atoms with Gasteiger partial charge >= 0.3 is 0 Å². The van der Waals surface area contributed by atoms with Crippen molar-refractivity contribution < 1.29 is 14.2 Å². The molecule has 2 heterocycles. The summed E-state index contributed by atoms with van der Waals surface area (Å²) in [4.78, 5) is 7.50. The Bertz CT molecular complexity index is 647. The quantitative estimate of drug-likeness (QED) is 0.187. The van der Waals surface area contributed by atoms with Crippen molar-refractivity contribution in [2.75, 3.05) is 59.7 Å². The Hall–Kier alpha value is -1.10. The van der Waals surface area contributed by atoms with Crippen molar-refractivity contribution in [2.45, 2.75) is 51.2 Å². The molecule has 2 unspecified atom stereocenters. The van der Waals surface area contributed by atoms with E-state index in [-0.39, 0.29) is 36.1 Å². The summed E-state index contributed by atoms with van der Waals surface area (Å²) in [5.74, 6) is 1.74. The number of halogens is 1. The van der Waals surface area contributed by atoms with Crippen LogP contribution in [-0.2, 0) is 9.47 Å². The molecule has 32 heavy (non-hydrogen) atoms. The van der Waals surface area contributed by atoms with Gasteiger partial charge in [0.25, 0.3) is 0 Å². The topological polar surface area (TPSA) is 67.4 Å². The largest absolute Gasteiger partial charge is 0.497 e. The predicted octanol–water partition coefficient (Wildman–Crippen LogP) is 3.59. The number of hydrogen-bond acceptors (Lipinski definition) is 5. The Morgan fingerprint density at radius 1 is 1.16 bits per heavy atom. The highest BCUT2D eigenvalue weighted by Crippen LogP contribution is 2.26. The smallest absolute Gasteiger partial charge is 0.191 e. The Morgan fingerprint density at radius 2 is 1.94 bits per heavy atom. The second kappa shape index (κ2) is 15.7. The number of guanidine groups is 1. The van der Waals surface area contributed by atoms with Crippen LogP contribution in [-0.4, -0.2) is 76.6 Å². The molecule has 8 heteroatoms. The number of benzene rings is 1. The van der Waals surface area contributed by atoms with E-state index in [1.807, 2.05) is 12.1 Å². The van der Waals surface area contributed by atoms with E-state index < -0.39 is 0 Å². The molecule has 0 aromatic heterocycles. The monoisotopic (exact) mass is 560 g/mol. The van der Waals surface area contributed by atoms with E-state index in [0.29, 0.717) is 13.2 Å². The molecule has 3 rings (SSSR count). The number of aliphatic imine (C=N–C) groups is 1. The van der Waals surface area contributed by atoms with Crippen molar-refractivity contribution in [3.05, 3.63) is 29.8 Å². The first-order chi connectivity index (χ1) is 15.3. The van der Waals surface area contributed by atoms with Gasteiger partial charge in [-0.1, -0.05) is 18.6 Å². The Kier molecular flexibility index (Phi) is 13.3. The van der Waals surface area contributed by atoms with Gasteiger partial charge in [0.2, 0.25) is 0 Å². The summed E-state index contributed by atoms with van der Waals surface area (Å²) in [7, 11) is 1.71. The molecule has 2 fully saturated rings. The molecule has 1 aromatic carbocycles. The van der Waals surface area contributed by atoms with Crippen LogP contribution in [0.5, 0.6) is 5.75 Å². The average molecular weight is 561 g/mol. The van der Waals surface area contributed by atoms with Gasteiger partial charge in [0.15, 0.2) is 5.96 Å². The van der Waals surface area contributed by atoms with Gasteiger partial charge in [-0.05, 0) is 63.4 Å². The zero-order valence-corrected chi connectivity index (χ0v) is 22.0. The maximum Gasteiger partial charge on any atom is 0.191 e. The van der Waals surface area contributed by atoms with Crippen LogP contribution in [0.3, 0.4) is 0 Å². The molecule has 0 aliphatic carbocycles. The minimum atomic E-state index is 0. The van der Waals surface area contributed by atoms with Gasteiger partial charge in [-0.3, -0.25) is 9.89 Å². The van der Waals surface area contributed by atoms with Crippen molar-refractivity contribution >= 4 is 29.9 Å². The van der Waals surface area contributed by atoms with Crippen LogP contribution in [0.15, 0.2) is 29.3 Å². The molecule has 182 valence electrons. The van der Waals surface area contributed by atoms with Crippen LogP contribution in [0.25, 0.3) is 0 Å². The molecule has 2 aliphatic rings. The third-order valence-corrected chi connectivity index (χ3v) is 5.97. The van der Waals surface area contributed by atoms with E-state index in [1.54, 1.807) is 7.11 Å². The van der Waals surface area contributed by atoms with Gasteiger partial charge in [-0.2, -0.15) is 0 Å². The molecular weight excluding hydrogens is 519 g/mol. The summed E-state index contributed by atoms with van der Waals surface area (Å²) in [6.45, 7) is 8.85. The second-order valence-corrected chi connectivity index (χ2v) is 8.24. The van der Waals surface area contributed by atoms with E-state index >= 15 is 0 Å². The first-order valence-corrected chi connectivity index (χ1v) is 11.9. The number of piperidine rings is 1. The summed E-state index contributed by atoms with van der Waals surface area (Å²) in [5, 5.41) is 6.77. The standard InChI is InChI=1S/C24H40N4O3.HI/c1-3-25-24(26-13-17-30-19-22-8-7-16-31-22)27-18-23(28-14-5-4-6-15-28)20-9-11-21(29-2)12-10-20;/h9-12,22-23H,3-8,13-19H2,1-2H3,(H2,25,26,27);1H.